The van der Waals surface area contributed by atoms with E-state index in [0.717, 1.165) is 25.2 Å². The Balaban J connectivity index is 2.10. The van der Waals surface area contributed by atoms with Crippen molar-refractivity contribution in [3.63, 3.8) is 0 Å². The van der Waals surface area contributed by atoms with Gasteiger partial charge in [-0.2, -0.15) is 4.98 Å². The summed E-state index contributed by atoms with van der Waals surface area (Å²) in [5, 5.41) is 0. The molecule has 0 N–H and O–H groups in total. The van der Waals surface area contributed by atoms with Crippen molar-refractivity contribution >= 4 is 21.6 Å². The first-order chi connectivity index (χ1) is 9.93. The van der Waals surface area contributed by atoms with Gasteiger partial charge < -0.3 is 9.80 Å². The molecule has 0 amide bonds. The van der Waals surface area contributed by atoms with E-state index in [-0.39, 0.29) is 17.5 Å². The molecule has 1 saturated heterocycles. The highest BCUT2D eigenvalue weighted by atomic mass is 32.2. The van der Waals surface area contributed by atoms with Gasteiger partial charge in [-0.05, 0) is 18.9 Å². The smallest absolute Gasteiger partial charge is 0.227 e. The van der Waals surface area contributed by atoms with Crippen molar-refractivity contribution < 1.29 is 8.42 Å². The Morgan fingerprint density at radius 2 is 2.14 bits per heavy atom. The van der Waals surface area contributed by atoms with Gasteiger partial charge in [-0.1, -0.05) is 13.3 Å². The lowest BCUT2D eigenvalue weighted by Crippen LogP contribution is -2.34. The van der Waals surface area contributed by atoms with Gasteiger partial charge in [0, 0.05) is 32.9 Å². The highest BCUT2D eigenvalue weighted by Crippen LogP contribution is 2.21. The molecule has 0 bridgehead atoms. The minimum atomic E-state index is -2.89. The van der Waals surface area contributed by atoms with Gasteiger partial charge in [0.05, 0.1) is 11.5 Å². The monoisotopic (exact) mass is 312 g/mol. The molecular formula is C14H24N4O2S. The van der Waals surface area contributed by atoms with Gasteiger partial charge in [-0.15, -0.1) is 0 Å². The normalized spacial score (nSPS) is 20.4. The molecule has 2 rings (SSSR count). The molecule has 0 saturated carbocycles. The highest BCUT2D eigenvalue weighted by molar-refractivity contribution is 7.91. The zero-order valence-electron chi connectivity index (χ0n) is 13.0. The second kappa shape index (κ2) is 6.60. The van der Waals surface area contributed by atoms with Crippen molar-refractivity contribution in [3.8, 4) is 0 Å². The molecule has 1 aliphatic heterocycles. The molecule has 118 valence electrons. The highest BCUT2D eigenvalue weighted by Gasteiger charge is 2.31. The molecule has 2 heterocycles. The lowest BCUT2D eigenvalue weighted by molar-refractivity contribution is 0.600. The van der Waals surface area contributed by atoms with Gasteiger partial charge in [0.15, 0.2) is 9.84 Å². The fourth-order valence-corrected chi connectivity index (χ4v) is 4.25. The first kappa shape index (κ1) is 16.0. The quantitative estimate of drug-likeness (QED) is 0.789. The van der Waals surface area contributed by atoms with E-state index in [9.17, 15) is 8.42 Å². The summed E-state index contributed by atoms with van der Waals surface area (Å²) in [4.78, 5) is 12.8. The molecule has 1 aromatic heterocycles. The van der Waals surface area contributed by atoms with Crippen molar-refractivity contribution in [1.82, 2.24) is 9.97 Å². The molecule has 0 radical (unpaired) electrons. The van der Waals surface area contributed by atoms with Crippen LogP contribution in [0.3, 0.4) is 0 Å². The molecular weight excluding hydrogens is 288 g/mol. The Morgan fingerprint density at radius 1 is 1.38 bits per heavy atom. The van der Waals surface area contributed by atoms with E-state index in [1.807, 2.05) is 25.1 Å². The molecule has 1 aliphatic rings. The maximum absolute atomic E-state index is 11.6. The summed E-state index contributed by atoms with van der Waals surface area (Å²) in [5.74, 6) is 1.93. The minimum absolute atomic E-state index is 0.0220. The molecule has 7 heteroatoms. The van der Waals surface area contributed by atoms with E-state index < -0.39 is 9.84 Å². The Bertz CT molecular complexity index is 576. The molecule has 1 aromatic rings. The summed E-state index contributed by atoms with van der Waals surface area (Å²) >= 11 is 0. The number of hydrogen-bond donors (Lipinski definition) is 0. The van der Waals surface area contributed by atoms with Crippen LogP contribution in [0.5, 0.6) is 0 Å². The third kappa shape index (κ3) is 4.06. The maximum atomic E-state index is 11.6. The van der Waals surface area contributed by atoms with Crippen LogP contribution < -0.4 is 9.80 Å². The van der Waals surface area contributed by atoms with Gasteiger partial charge >= 0.3 is 0 Å². The first-order valence-electron chi connectivity index (χ1n) is 7.40. The molecule has 0 spiro atoms. The molecule has 0 aromatic carbocycles. The van der Waals surface area contributed by atoms with Crippen LogP contribution in [-0.2, 0) is 9.84 Å². The lowest BCUT2D eigenvalue weighted by Gasteiger charge is -2.25. The summed E-state index contributed by atoms with van der Waals surface area (Å²) in [5.41, 5.74) is 0. The standard InChI is InChI=1S/C14H24N4O2S/c1-4-5-9-17(2)13-6-8-15-14(16-13)18(3)12-7-10-21(19,20)11-12/h6,8,12H,4-5,7,9-11H2,1-3H3. The summed E-state index contributed by atoms with van der Waals surface area (Å²) in [6, 6.07) is 1.87. The molecule has 0 aliphatic carbocycles. The van der Waals surface area contributed by atoms with Gasteiger partial charge in [0.25, 0.3) is 0 Å². The third-order valence-electron chi connectivity index (χ3n) is 3.94. The fourth-order valence-electron chi connectivity index (χ4n) is 2.48. The van der Waals surface area contributed by atoms with Crippen molar-refractivity contribution in [1.29, 1.82) is 0 Å². The maximum Gasteiger partial charge on any atom is 0.227 e. The van der Waals surface area contributed by atoms with Crippen molar-refractivity contribution in [2.75, 3.05) is 41.9 Å². The average molecular weight is 312 g/mol. The van der Waals surface area contributed by atoms with Gasteiger partial charge in [0.2, 0.25) is 5.95 Å². The zero-order valence-corrected chi connectivity index (χ0v) is 13.8. The van der Waals surface area contributed by atoms with Crippen LogP contribution in [0.15, 0.2) is 12.3 Å². The number of nitrogens with zero attached hydrogens (tertiary/aromatic N) is 4. The second-order valence-electron chi connectivity index (χ2n) is 5.66. The number of aromatic nitrogens is 2. The summed E-state index contributed by atoms with van der Waals surface area (Å²) in [6.07, 6.45) is 4.65. The lowest BCUT2D eigenvalue weighted by atomic mass is 10.2. The number of anilines is 2. The van der Waals surface area contributed by atoms with Crippen LogP contribution in [0, 0.1) is 0 Å². The number of unbranched alkanes of at least 4 members (excludes halogenated alkanes) is 1. The fraction of sp³-hybridized carbons (Fsp3) is 0.714. The summed E-state index contributed by atoms with van der Waals surface area (Å²) < 4.78 is 23.2. The van der Waals surface area contributed by atoms with Crippen LogP contribution in [0.2, 0.25) is 0 Å². The largest absolute Gasteiger partial charge is 0.360 e. The predicted octanol–water partition coefficient (Wildman–Crippen LogP) is 1.34. The molecule has 6 nitrogen and oxygen atoms in total. The molecule has 1 atom stereocenters. The van der Waals surface area contributed by atoms with Crippen molar-refractivity contribution in [3.05, 3.63) is 12.3 Å². The van der Waals surface area contributed by atoms with Crippen LogP contribution in [0.25, 0.3) is 0 Å². The predicted molar refractivity (Wildman–Crippen MR) is 85.7 cm³/mol. The molecule has 1 fully saturated rings. The van der Waals surface area contributed by atoms with Crippen LogP contribution >= 0.6 is 0 Å². The van der Waals surface area contributed by atoms with E-state index in [1.165, 1.54) is 0 Å². The number of hydrogen-bond acceptors (Lipinski definition) is 6. The van der Waals surface area contributed by atoms with Crippen molar-refractivity contribution in [2.45, 2.75) is 32.2 Å². The van der Waals surface area contributed by atoms with Crippen molar-refractivity contribution in [2.24, 2.45) is 0 Å². The van der Waals surface area contributed by atoms with Gasteiger partial charge in [-0.25, -0.2) is 13.4 Å². The second-order valence-corrected chi connectivity index (χ2v) is 7.89. The zero-order chi connectivity index (χ0) is 15.5. The minimum Gasteiger partial charge on any atom is -0.360 e. The average Bonchev–Trinajstić information content (AvgIpc) is 2.84. The van der Waals surface area contributed by atoms with E-state index in [2.05, 4.69) is 21.8 Å². The number of sulfone groups is 1. The molecule has 1 unspecified atom stereocenters. The van der Waals surface area contributed by atoms with Crippen LogP contribution in [0.4, 0.5) is 11.8 Å². The van der Waals surface area contributed by atoms with E-state index in [1.54, 1.807) is 6.20 Å². The van der Waals surface area contributed by atoms with Gasteiger partial charge in [-0.3, -0.25) is 0 Å². The van der Waals surface area contributed by atoms with E-state index in [0.29, 0.717) is 12.4 Å². The van der Waals surface area contributed by atoms with Gasteiger partial charge in [0.1, 0.15) is 5.82 Å². The number of rotatable bonds is 6. The first-order valence-corrected chi connectivity index (χ1v) is 9.22. The topological polar surface area (TPSA) is 66.4 Å². The Kier molecular flexibility index (Phi) is 5.03. The van der Waals surface area contributed by atoms with E-state index in [4.69, 9.17) is 0 Å². The third-order valence-corrected chi connectivity index (χ3v) is 5.69. The Hall–Kier alpha value is -1.37. The Morgan fingerprint density at radius 3 is 2.76 bits per heavy atom. The SMILES string of the molecule is CCCCN(C)c1ccnc(N(C)C2CCS(=O)(=O)C2)n1. The van der Waals surface area contributed by atoms with Crippen LogP contribution in [-0.4, -0.2) is 56.6 Å². The molecule has 21 heavy (non-hydrogen) atoms. The van der Waals surface area contributed by atoms with E-state index >= 15 is 0 Å². The summed E-state index contributed by atoms with van der Waals surface area (Å²) in [7, 11) is 0.993. The summed E-state index contributed by atoms with van der Waals surface area (Å²) in [6.45, 7) is 3.11. The Labute approximate surface area is 127 Å². The van der Waals surface area contributed by atoms with Crippen LogP contribution in [0.1, 0.15) is 26.2 Å².